The van der Waals surface area contributed by atoms with Gasteiger partial charge in [-0.05, 0) is 24.2 Å². The Morgan fingerprint density at radius 3 is 2.69 bits per heavy atom. The molecule has 5 heteroatoms. The third kappa shape index (κ3) is 2.25. The summed E-state index contributed by atoms with van der Waals surface area (Å²) in [5.41, 5.74) is 0.958. The van der Waals surface area contributed by atoms with E-state index in [1.165, 1.54) is 18.5 Å². The van der Waals surface area contributed by atoms with Gasteiger partial charge in [-0.2, -0.15) is 5.10 Å². The zero-order valence-corrected chi connectivity index (χ0v) is 8.94. The summed E-state index contributed by atoms with van der Waals surface area (Å²) < 4.78 is 12.8. The van der Waals surface area contributed by atoms with Crippen LogP contribution in [0.15, 0.2) is 30.6 Å². The van der Waals surface area contributed by atoms with Gasteiger partial charge in [0.05, 0.1) is 6.04 Å². The van der Waals surface area contributed by atoms with E-state index in [0.29, 0.717) is 0 Å². The monoisotopic (exact) mass is 220 g/mol. The Bertz CT molecular complexity index is 424. The van der Waals surface area contributed by atoms with Crippen LogP contribution in [0.3, 0.4) is 0 Å². The fourth-order valence-electron chi connectivity index (χ4n) is 1.59. The van der Waals surface area contributed by atoms with Crippen LogP contribution in [0, 0.1) is 5.82 Å². The number of benzene rings is 1. The number of aromatic amines is 1. The van der Waals surface area contributed by atoms with Gasteiger partial charge in [-0.15, -0.1) is 0 Å². The lowest BCUT2D eigenvalue weighted by molar-refractivity contribution is 0.593. The highest BCUT2D eigenvalue weighted by atomic mass is 19.1. The van der Waals surface area contributed by atoms with Crippen LogP contribution in [-0.2, 0) is 0 Å². The van der Waals surface area contributed by atoms with Crippen molar-refractivity contribution in [2.75, 3.05) is 6.54 Å². The van der Waals surface area contributed by atoms with Crippen molar-refractivity contribution in [3.05, 3.63) is 47.8 Å². The molecule has 1 heterocycles. The van der Waals surface area contributed by atoms with Gasteiger partial charge < -0.3 is 5.32 Å². The molecule has 2 N–H and O–H groups in total. The van der Waals surface area contributed by atoms with Gasteiger partial charge in [0.15, 0.2) is 0 Å². The summed E-state index contributed by atoms with van der Waals surface area (Å²) in [6.07, 6.45) is 1.46. The molecule has 16 heavy (non-hydrogen) atoms. The fraction of sp³-hybridized carbons (Fsp3) is 0.273. The average molecular weight is 220 g/mol. The number of hydrogen-bond acceptors (Lipinski definition) is 3. The van der Waals surface area contributed by atoms with Crippen LogP contribution in [0.25, 0.3) is 0 Å². The van der Waals surface area contributed by atoms with Gasteiger partial charge in [0.2, 0.25) is 0 Å². The summed E-state index contributed by atoms with van der Waals surface area (Å²) in [6.45, 7) is 2.80. The van der Waals surface area contributed by atoms with Gasteiger partial charge in [0, 0.05) is 0 Å². The van der Waals surface area contributed by atoms with E-state index in [1.807, 2.05) is 6.92 Å². The fourth-order valence-corrected chi connectivity index (χ4v) is 1.59. The molecule has 0 radical (unpaired) electrons. The minimum Gasteiger partial charge on any atom is -0.304 e. The quantitative estimate of drug-likeness (QED) is 0.823. The standard InChI is InChI=1S/C11H13FN4/c1-2-13-10(11-14-7-15-16-11)8-3-5-9(12)6-4-8/h3-7,10,13H,2H2,1H3,(H,14,15,16). The topological polar surface area (TPSA) is 53.6 Å². The minimum atomic E-state index is -0.239. The van der Waals surface area contributed by atoms with Crippen molar-refractivity contribution in [1.29, 1.82) is 0 Å². The summed E-state index contributed by atoms with van der Waals surface area (Å²) in [5.74, 6) is 0.491. The van der Waals surface area contributed by atoms with E-state index in [0.717, 1.165) is 17.9 Å². The number of H-pyrrole nitrogens is 1. The van der Waals surface area contributed by atoms with E-state index in [2.05, 4.69) is 20.5 Å². The van der Waals surface area contributed by atoms with Gasteiger partial charge in [0.1, 0.15) is 18.0 Å². The molecule has 2 rings (SSSR count). The summed E-state index contributed by atoms with van der Waals surface area (Å²) in [4.78, 5) is 4.11. The van der Waals surface area contributed by atoms with Crippen LogP contribution in [0.1, 0.15) is 24.4 Å². The molecule has 0 saturated heterocycles. The number of aromatic nitrogens is 3. The maximum Gasteiger partial charge on any atom is 0.145 e. The molecule has 0 amide bonds. The Morgan fingerprint density at radius 1 is 1.38 bits per heavy atom. The summed E-state index contributed by atoms with van der Waals surface area (Å²) in [7, 11) is 0. The summed E-state index contributed by atoms with van der Waals surface area (Å²) in [5, 5.41) is 9.90. The van der Waals surface area contributed by atoms with Crippen LogP contribution in [-0.4, -0.2) is 21.7 Å². The SMILES string of the molecule is CCNC(c1ccc(F)cc1)c1ncn[nH]1. The number of nitrogens with one attached hydrogen (secondary N) is 2. The van der Waals surface area contributed by atoms with E-state index < -0.39 is 0 Å². The maximum absolute atomic E-state index is 12.8. The molecular weight excluding hydrogens is 207 g/mol. The smallest absolute Gasteiger partial charge is 0.145 e. The van der Waals surface area contributed by atoms with Gasteiger partial charge in [-0.1, -0.05) is 19.1 Å². The predicted molar refractivity (Wildman–Crippen MR) is 58.3 cm³/mol. The van der Waals surface area contributed by atoms with Crippen molar-refractivity contribution in [2.24, 2.45) is 0 Å². The second-order valence-corrected chi connectivity index (χ2v) is 3.41. The first-order valence-electron chi connectivity index (χ1n) is 5.15. The van der Waals surface area contributed by atoms with E-state index >= 15 is 0 Å². The highest BCUT2D eigenvalue weighted by molar-refractivity contribution is 5.24. The second kappa shape index (κ2) is 4.85. The molecular formula is C11H13FN4. The minimum absolute atomic E-state index is 0.0758. The van der Waals surface area contributed by atoms with Crippen molar-refractivity contribution in [1.82, 2.24) is 20.5 Å². The molecule has 0 bridgehead atoms. The Labute approximate surface area is 92.9 Å². The first kappa shape index (κ1) is 10.8. The molecule has 0 aliphatic carbocycles. The zero-order chi connectivity index (χ0) is 11.4. The molecule has 0 aliphatic rings. The van der Waals surface area contributed by atoms with E-state index in [-0.39, 0.29) is 11.9 Å². The molecule has 1 atom stereocenters. The number of hydrogen-bond donors (Lipinski definition) is 2. The summed E-state index contributed by atoms with van der Waals surface area (Å²) in [6, 6.07) is 6.29. The average Bonchev–Trinajstić information content (AvgIpc) is 2.81. The Morgan fingerprint density at radius 2 is 2.12 bits per heavy atom. The Hall–Kier alpha value is -1.75. The van der Waals surface area contributed by atoms with Crippen molar-refractivity contribution in [2.45, 2.75) is 13.0 Å². The second-order valence-electron chi connectivity index (χ2n) is 3.41. The number of halogens is 1. The third-order valence-electron chi connectivity index (χ3n) is 2.32. The van der Waals surface area contributed by atoms with E-state index in [1.54, 1.807) is 12.1 Å². The molecule has 2 aromatic rings. The van der Waals surface area contributed by atoms with Crippen molar-refractivity contribution < 1.29 is 4.39 Å². The first-order chi connectivity index (χ1) is 7.81. The van der Waals surface area contributed by atoms with Crippen LogP contribution in [0.5, 0.6) is 0 Å². The lowest BCUT2D eigenvalue weighted by atomic mass is 10.1. The number of nitrogens with zero attached hydrogens (tertiary/aromatic N) is 2. The number of rotatable bonds is 4. The molecule has 1 unspecified atom stereocenters. The Balaban J connectivity index is 2.29. The molecule has 0 saturated carbocycles. The van der Waals surface area contributed by atoms with Crippen molar-refractivity contribution in [3.63, 3.8) is 0 Å². The van der Waals surface area contributed by atoms with Crippen molar-refractivity contribution in [3.8, 4) is 0 Å². The maximum atomic E-state index is 12.8. The lowest BCUT2D eigenvalue weighted by Gasteiger charge is -2.15. The molecule has 0 fully saturated rings. The normalized spacial score (nSPS) is 12.6. The van der Waals surface area contributed by atoms with Crippen LogP contribution >= 0.6 is 0 Å². The van der Waals surface area contributed by atoms with E-state index in [9.17, 15) is 4.39 Å². The highest BCUT2D eigenvalue weighted by Crippen LogP contribution is 2.18. The molecule has 0 aliphatic heterocycles. The van der Waals surface area contributed by atoms with Crippen LogP contribution in [0.2, 0.25) is 0 Å². The molecule has 1 aromatic heterocycles. The Kier molecular flexibility index (Phi) is 3.26. The molecule has 84 valence electrons. The molecule has 1 aromatic carbocycles. The van der Waals surface area contributed by atoms with Crippen LogP contribution in [0.4, 0.5) is 4.39 Å². The van der Waals surface area contributed by atoms with Gasteiger partial charge in [-0.3, -0.25) is 5.10 Å². The van der Waals surface area contributed by atoms with Gasteiger partial charge in [-0.25, -0.2) is 9.37 Å². The zero-order valence-electron chi connectivity index (χ0n) is 8.94. The highest BCUT2D eigenvalue weighted by Gasteiger charge is 2.15. The van der Waals surface area contributed by atoms with Gasteiger partial charge >= 0.3 is 0 Å². The summed E-state index contributed by atoms with van der Waals surface area (Å²) >= 11 is 0. The third-order valence-corrected chi connectivity index (χ3v) is 2.32. The van der Waals surface area contributed by atoms with E-state index in [4.69, 9.17) is 0 Å². The predicted octanol–water partition coefficient (Wildman–Crippen LogP) is 1.64. The first-order valence-corrected chi connectivity index (χ1v) is 5.15. The molecule has 4 nitrogen and oxygen atoms in total. The largest absolute Gasteiger partial charge is 0.304 e. The van der Waals surface area contributed by atoms with Crippen LogP contribution < -0.4 is 5.32 Å². The van der Waals surface area contributed by atoms with Gasteiger partial charge in [0.25, 0.3) is 0 Å². The molecule has 0 spiro atoms. The van der Waals surface area contributed by atoms with Crippen molar-refractivity contribution >= 4 is 0 Å². The lowest BCUT2D eigenvalue weighted by Crippen LogP contribution is -2.23.